The Morgan fingerprint density at radius 3 is 2.46 bits per heavy atom. The van der Waals surface area contributed by atoms with E-state index in [0.29, 0.717) is 17.1 Å². The number of aliphatic imine (C=N–C) groups is 1. The molecule has 0 aromatic heterocycles. The van der Waals surface area contributed by atoms with Crippen molar-refractivity contribution in [3.05, 3.63) is 63.3 Å². The smallest absolute Gasteiger partial charge is 0.363 e. The number of esters is 1. The highest BCUT2D eigenvalue weighted by Crippen LogP contribution is 2.34. The molecule has 0 spiro atoms. The van der Waals surface area contributed by atoms with Gasteiger partial charge in [0.05, 0.1) is 26.3 Å². The third kappa shape index (κ3) is 3.50. The molecule has 2 aromatic rings. The Hall–Kier alpha value is -3.88. The summed E-state index contributed by atoms with van der Waals surface area (Å²) in [5.74, 6) is 0.310. The fraction of sp³-hybridized carbons (Fsp3) is 0.158. The molecule has 0 bridgehead atoms. The number of nitrogens with zero attached hydrogens (tertiary/aromatic N) is 2. The largest absolute Gasteiger partial charge is 0.493 e. The first kappa shape index (κ1) is 18.9. The highest BCUT2D eigenvalue weighted by Gasteiger charge is 2.27. The molecule has 0 aliphatic carbocycles. The summed E-state index contributed by atoms with van der Waals surface area (Å²) in [5, 5.41) is 11.2. The Morgan fingerprint density at radius 2 is 1.82 bits per heavy atom. The number of benzene rings is 2. The van der Waals surface area contributed by atoms with Gasteiger partial charge in [-0.2, -0.15) is 0 Å². The molecule has 1 aliphatic rings. The summed E-state index contributed by atoms with van der Waals surface area (Å²) in [6, 6.07) is 9.36. The van der Waals surface area contributed by atoms with Gasteiger partial charge in [-0.15, -0.1) is 0 Å². The molecule has 0 amide bonds. The van der Waals surface area contributed by atoms with E-state index in [1.54, 1.807) is 18.2 Å². The van der Waals surface area contributed by atoms with Crippen molar-refractivity contribution >= 4 is 23.6 Å². The van der Waals surface area contributed by atoms with Gasteiger partial charge in [-0.1, -0.05) is 12.1 Å². The van der Waals surface area contributed by atoms with Crippen molar-refractivity contribution in [3.63, 3.8) is 0 Å². The van der Waals surface area contributed by atoms with Crippen LogP contribution in [0.5, 0.6) is 17.2 Å². The molecule has 0 saturated carbocycles. The van der Waals surface area contributed by atoms with Crippen molar-refractivity contribution in [2.45, 2.75) is 0 Å². The second-order valence-electron chi connectivity index (χ2n) is 5.56. The lowest BCUT2D eigenvalue weighted by Gasteiger charge is -2.09. The Balaban J connectivity index is 2.02. The molecule has 9 nitrogen and oxygen atoms in total. The second-order valence-corrected chi connectivity index (χ2v) is 5.56. The lowest BCUT2D eigenvalue weighted by molar-refractivity contribution is -0.385. The average molecular weight is 384 g/mol. The first-order chi connectivity index (χ1) is 13.5. The molecule has 1 aliphatic heterocycles. The number of rotatable bonds is 6. The standard InChI is InChI=1S/C19H16N2O7/c1-25-15-8-7-12(10-14(15)21(23)24)18-20-13(19(22)28-18)9-11-5-4-6-16(26-2)17(11)27-3/h4-10H,1-3H3/b13-9-. The SMILES string of the molecule is COc1ccc(C2=N/C(=C\c3cccc(OC)c3OC)C(=O)O2)cc1[N+](=O)[O-]. The molecular weight excluding hydrogens is 368 g/mol. The van der Waals surface area contributed by atoms with E-state index in [1.807, 2.05) is 0 Å². The zero-order valence-electron chi connectivity index (χ0n) is 15.3. The molecule has 1 heterocycles. The van der Waals surface area contributed by atoms with Crippen LogP contribution in [0.4, 0.5) is 5.69 Å². The summed E-state index contributed by atoms with van der Waals surface area (Å²) < 4.78 is 20.7. The number of nitro benzene ring substituents is 1. The van der Waals surface area contributed by atoms with Crippen LogP contribution in [0, 0.1) is 10.1 Å². The first-order valence-electron chi connectivity index (χ1n) is 8.04. The maximum absolute atomic E-state index is 12.2. The van der Waals surface area contributed by atoms with E-state index in [2.05, 4.69) is 4.99 Å². The van der Waals surface area contributed by atoms with Crippen LogP contribution in [0.3, 0.4) is 0 Å². The molecular formula is C19H16N2O7. The Bertz CT molecular complexity index is 1010. The summed E-state index contributed by atoms with van der Waals surface area (Å²) in [7, 11) is 4.32. The van der Waals surface area contributed by atoms with E-state index in [9.17, 15) is 14.9 Å². The number of para-hydroxylation sites is 1. The van der Waals surface area contributed by atoms with Gasteiger partial charge in [0.2, 0.25) is 5.90 Å². The number of carbonyl (C=O) groups excluding carboxylic acids is 1. The van der Waals surface area contributed by atoms with Crippen LogP contribution in [0.1, 0.15) is 11.1 Å². The predicted octanol–water partition coefficient (Wildman–Crippen LogP) is 2.97. The number of hydrogen-bond donors (Lipinski definition) is 0. The van der Waals surface area contributed by atoms with E-state index in [4.69, 9.17) is 18.9 Å². The maximum Gasteiger partial charge on any atom is 0.363 e. The van der Waals surface area contributed by atoms with Crippen LogP contribution < -0.4 is 14.2 Å². The fourth-order valence-corrected chi connectivity index (χ4v) is 2.67. The van der Waals surface area contributed by atoms with Crippen LogP contribution in [0.15, 0.2) is 47.1 Å². The van der Waals surface area contributed by atoms with Crippen molar-refractivity contribution in [2.24, 2.45) is 4.99 Å². The quantitative estimate of drug-likeness (QED) is 0.326. The van der Waals surface area contributed by atoms with Crippen molar-refractivity contribution in [1.82, 2.24) is 0 Å². The van der Waals surface area contributed by atoms with Crippen molar-refractivity contribution < 1.29 is 28.7 Å². The summed E-state index contributed by atoms with van der Waals surface area (Å²) in [6.45, 7) is 0. The molecule has 2 aromatic carbocycles. The molecule has 0 fully saturated rings. The molecule has 144 valence electrons. The van der Waals surface area contributed by atoms with Crippen LogP contribution in [0.25, 0.3) is 6.08 Å². The van der Waals surface area contributed by atoms with E-state index in [1.165, 1.54) is 45.6 Å². The Kier molecular flexibility index (Phi) is 5.25. The molecule has 0 atom stereocenters. The van der Waals surface area contributed by atoms with Gasteiger partial charge in [0, 0.05) is 17.2 Å². The minimum Gasteiger partial charge on any atom is -0.493 e. The van der Waals surface area contributed by atoms with E-state index in [-0.39, 0.29) is 28.6 Å². The highest BCUT2D eigenvalue weighted by molar-refractivity contribution is 6.13. The van der Waals surface area contributed by atoms with E-state index < -0.39 is 10.9 Å². The van der Waals surface area contributed by atoms with Crippen LogP contribution >= 0.6 is 0 Å². The number of nitro groups is 1. The van der Waals surface area contributed by atoms with Crippen molar-refractivity contribution in [3.8, 4) is 17.2 Å². The minimum atomic E-state index is -0.682. The zero-order valence-corrected chi connectivity index (χ0v) is 15.3. The molecule has 0 N–H and O–H groups in total. The summed E-state index contributed by atoms with van der Waals surface area (Å²) in [4.78, 5) is 27.0. The maximum atomic E-state index is 12.2. The van der Waals surface area contributed by atoms with Crippen LogP contribution in [-0.2, 0) is 9.53 Å². The lowest BCUT2D eigenvalue weighted by atomic mass is 10.1. The van der Waals surface area contributed by atoms with Gasteiger partial charge in [0.25, 0.3) is 0 Å². The molecule has 0 saturated heterocycles. The molecule has 9 heteroatoms. The minimum absolute atomic E-state index is 0.0278. The zero-order chi connectivity index (χ0) is 20.3. The van der Waals surface area contributed by atoms with Gasteiger partial charge in [-0.3, -0.25) is 10.1 Å². The number of ether oxygens (including phenoxy) is 4. The van der Waals surface area contributed by atoms with E-state index >= 15 is 0 Å². The average Bonchev–Trinajstić information content (AvgIpc) is 3.07. The van der Waals surface area contributed by atoms with Crippen LogP contribution in [-0.4, -0.2) is 38.1 Å². The van der Waals surface area contributed by atoms with Crippen LogP contribution in [0.2, 0.25) is 0 Å². The fourth-order valence-electron chi connectivity index (χ4n) is 2.67. The summed E-state index contributed by atoms with van der Waals surface area (Å²) in [6.07, 6.45) is 1.49. The number of hydrogen-bond acceptors (Lipinski definition) is 8. The molecule has 28 heavy (non-hydrogen) atoms. The highest BCUT2D eigenvalue weighted by atomic mass is 16.6. The molecule has 0 radical (unpaired) electrons. The van der Waals surface area contributed by atoms with Crippen molar-refractivity contribution in [1.29, 1.82) is 0 Å². The van der Waals surface area contributed by atoms with E-state index in [0.717, 1.165) is 0 Å². The Morgan fingerprint density at radius 1 is 1.07 bits per heavy atom. The van der Waals surface area contributed by atoms with Gasteiger partial charge in [-0.25, -0.2) is 9.79 Å². The molecule has 0 unspecified atom stereocenters. The van der Waals surface area contributed by atoms with Gasteiger partial charge in [0.1, 0.15) is 0 Å². The number of methoxy groups -OCH3 is 3. The monoisotopic (exact) mass is 384 g/mol. The first-order valence-corrected chi connectivity index (χ1v) is 8.04. The Labute approximate surface area is 160 Å². The van der Waals surface area contributed by atoms with Gasteiger partial charge < -0.3 is 18.9 Å². The predicted molar refractivity (Wildman–Crippen MR) is 99.8 cm³/mol. The second kappa shape index (κ2) is 7.78. The topological polar surface area (TPSA) is 109 Å². The number of carbonyl (C=O) groups is 1. The van der Waals surface area contributed by atoms with Gasteiger partial charge >= 0.3 is 11.7 Å². The normalized spacial score (nSPS) is 14.5. The molecule has 3 rings (SSSR count). The third-order valence-electron chi connectivity index (χ3n) is 3.97. The van der Waals surface area contributed by atoms with Gasteiger partial charge in [0.15, 0.2) is 22.9 Å². The number of cyclic esters (lactones) is 1. The lowest BCUT2D eigenvalue weighted by Crippen LogP contribution is -2.06. The summed E-state index contributed by atoms with van der Waals surface area (Å²) >= 11 is 0. The summed E-state index contributed by atoms with van der Waals surface area (Å²) in [5.41, 5.74) is 0.618. The van der Waals surface area contributed by atoms with Gasteiger partial charge in [-0.05, 0) is 24.3 Å². The van der Waals surface area contributed by atoms with Crippen molar-refractivity contribution in [2.75, 3.05) is 21.3 Å². The third-order valence-corrected chi connectivity index (χ3v) is 3.97.